The number of hydrogen-bond donors (Lipinski definition) is 0. The number of nitrogens with zero attached hydrogens (tertiary/aromatic N) is 1. The third-order valence-corrected chi connectivity index (χ3v) is 4.66. The van der Waals surface area contributed by atoms with Gasteiger partial charge < -0.3 is 4.55 Å². The Kier molecular flexibility index (Phi) is 6.55. The maximum Gasteiger partial charge on any atom is 0.226 e. The molecule has 0 aromatic heterocycles. The second-order valence-electron chi connectivity index (χ2n) is 5.45. The fourth-order valence-corrected chi connectivity index (χ4v) is 3.00. The fourth-order valence-electron chi connectivity index (χ4n) is 2.60. The maximum atomic E-state index is 9.22. The fraction of sp³-hybridized carbons (Fsp3) is 0.222. The van der Waals surface area contributed by atoms with E-state index in [4.69, 9.17) is 12.2 Å². The quantitative estimate of drug-likeness (QED) is 0.270. The van der Waals surface area contributed by atoms with Gasteiger partial charge in [-0.1, -0.05) is 60.7 Å². The molecule has 0 atom stereocenters. The van der Waals surface area contributed by atoms with Crippen molar-refractivity contribution in [3.05, 3.63) is 71.3 Å². The molecular formula is C18H19NO4S2. The molecule has 0 spiro atoms. The molecule has 3 rings (SSSR count). The highest BCUT2D eigenvalue weighted by Crippen LogP contribution is 2.18. The minimum Gasteiger partial charge on any atom is -0.726 e. The smallest absolute Gasteiger partial charge is 0.226 e. The van der Waals surface area contributed by atoms with Gasteiger partial charge in [0.25, 0.3) is 0 Å². The predicted molar refractivity (Wildman–Crippen MR) is 100 cm³/mol. The molecule has 1 heterocycles. The van der Waals surface area contributed by atoms with E-state index < -0.39 is 10.4 Å². The lowest BCUT2D eigenvalue weighted by molar-refractivity contribution is -0.496. The molecule has 0 unspecified atom stereocenters. The Balaban J connectivity index is 0.000000326. The van der Waals surface area contributed by atoms with Crippen LogP contribution in [0.3, 0.4) is 0 Å². The molecule has 5 nitrogen and oxygen atoms in total. The van der Waals surface area contributed by atoms with Crippen molar-refractivity contribution in [1.82, 2.24) is 0 Å². The highest BCUT2D eigenvalue weighted by molar-refractivity contribution is 7.82. The van der Waals surface area contributed by atoms with E-state index in [2.05, 4.69) is 52.2 Å². The van der Waals surface area contributed by atoms with Gasteiger partial charge in [-0.05, 0) is 17.2 Å². The summed E-state index contributed by atoms with van der Waals surface area (Å²) in [7, 11) is -1.48. The van der Waals surface area contributed by atoms with Crippen LogP contribution >= 0.6 is 12.2 Å². The van der Waals surface area contributed by atoms with Crippen LogP contribution in [0.2, 0.25) is 0 Å². The number of thiocarbonyl (C=S) groups is 1. The van der Waals surface area contributed by atoms with Gasteiger partial charge in [0.2, 0.25) is 16.1 Å². The summed E-state index contributed by atoms with van der Waals surface area (Å²) >= 11 is 5.72. The molecule has 2 aromatic carbocycles. The zero-order chi connectivity index (χ0) is 18.4. The van der Waals surface area contributed by atoms with Crippen molar-refractivity contribution in [2.45, 2.75) is 6.42 Å². The Morgan fingerprint density at radius 3 is 2.28 bits per heavy atom. The average molecular weight is 377 g/mol. The van der Waals surface area contributed by atoms with E-state index >= 15 is 0 Å². The minimum absolute atomic E-state index is 0.808. The molecule has 0 bridgehead atoms. The van der Waals surface area contributed by atoms with Crippen molar-refractivity contribution < 1.29 is 21.7 Å². The molecule has 0 aliphatic carbocycles. The van der Waals surface area contributed by atoms with Crippen LogP contribution < -0.4 is 0 Å². The molecule has 0 radical (unpaired) electrons. The lowest BCUT2D eigenvalue weighted by Gasteiger charge is -2.17. The monoisotopic (exact) mass is 377 g/mol. The first-order valence-corrected chi connectivity index (χ1v) is 9.35. The van der Waals surface area contributed by atoms with Gasteiger partial charge in [-0.25, -0.2) is 13.0 Å². The van der Waals surface area contributed by atoms with Gasteiger partial charge in [0.15, 0.2) is 0 Å². The van der Waals surface area contributed by atoms with Crippen LogP contribution in [0.1, 0.15) is 16.7 Å². The van der Waals surface area contributed by atoms with Crippen LogP contribution in [0, 0.1) is 0 Å². The lowest BCUT2D eigenvalue weighted by atomic mass is 9.93. The van der Waals surface area contributed by atoms with Crippen molar-refractivity contribution in [1.29, 1.82) is 0 Å². The van der Waals surface area contributed by atoms with Crippen LogP contribution in [-0.4, -0.2) is 48.8 Å². The first kappa shape index (κ1) is 19.4. The van der Waals surface area contributed by atoms with Crippen molar-refractivity contribution in [2.75, 3.05) is 20.7 Å². The molecule has 1 aliphatic heterocycles. The Morgan fingerprint density at radius 1 is 1.12 bits per heavy atom. The van der Waals surface area contributed by atoms with Gasteiger partial charge in [-0.3, -0.25) is 4.18 Å². The molecule has 0 fully saturated rings. The van der Waals surface area contributed by atoms with Crippen LogP contribution in [0.15, 0.2) is 54.6 Å². The van der Waals surface area contributed by atoms with E-state index in [1.165, 1.54) is 16.8 Å². The molecule has 2 aromatic rings. The molecule has 0 saturated heterocycles. The van der Waals surface area contributed by atoms with Crippen LogP contribution in [0.5, 0.6) is 0 Å². The van der Waals surface area contributed by atoms with Gasteiger partial charge in [0.1, 0.15) is 18.5 Å². The van der Waals surface area contributed by atoms with Crippen molar-refractivity contribution in [2.24, 2.45) is 0 Å². The van der Waals surface area contributed by atoms with Gasteiger partial charge in [-0.2, -0.15) is 0 Å². The topological polar surface area (TPSA) is 69.4 Å². The van der Waals surface area contributed by atoms with Crippen molar-refractivity contribution in [3.63, 3.8) is 0 Å². The molecule has 1 aliphatic rings. The Hall–Kier alpha value is -1.93. The molecular weight excluding hydrogens is 358 g/mol. The summed E-state index contributed by atoms with van der Waals surface area (Å²) in [6.07, 6.45) is 1.09. The third-order valence-electron chi connectivity index (χ3n) is 3.83. The van der Waals surface area contributed by atoms with Crippen LogP contribution in [0.25, 0.3) is 0 Å². The highest BCUT2D eigenvalue weighted by Gasteiger charge is 2.27. The SMILES string of the molecule is COS(=O)(=O)[O-].C[N+]1=C(C(=S)c2ccccc2)c2ccccc2CC1. The number of rotatable bonds is 3. The highest BCUT2D eigenvalue weighted by atomic mass is 32.3. The Morgan fingerprint density at radius 2 is 1.68 bits per heavy atom. The molecule has 0 saturated carbocycles. The molecule has 0 N–H and O–H groups in total. The van der Waals surface area contributed by atoms with Crippen molar-refractivity contribution in [3.8, 4) is 0 Å². The van der Waals surface area contributed by atoms with Gasteiger partial charge >= 0.3 is 0 Å². The minimum atomic E-state index is -4.41. The predicted octanol–water partition coefficient (Wildman–Crippen LogP) is 2.19. The number of benzene rings is 2. The van der Waals surface area contributed by atoms with Crippen LogP contribution in [0.4, 0.5) is 0 Å². The zero-order valence-electron chi connectivity index (χ0n) is 14.0. The summed E-state index contributed by atoms with van der Waals surface area (Å²) in [5, 5.41) is 0. The molecule has 132 valence electrons. The maximum absolute atomic E-state index is 9.22. The van der Waals surface area contributed by atoms with E-state index in [-0.39, 0.29) is 0 Å². The van der Waals surface area contributed by atoms with Gasteiger partial charge in [0.05, 0.1) is 12.7 Å². The molecule has 7 heteroatoms. The summed E-state index contributed by atoms with van der Waals surface area (Å²) in [4.78, 5) is 0.940. The summed E-state index contributed by atoms with van der Waals surface area (Å²) in [6, 6.07) is 18.8. The summed E-state index contributed by atoms with van der Waals surface area (Å²) in [6.45, 7) is 1.03. The van der Waals surface area contributed by atoms with Gasteiger partial charge in [0, 0.05) is 6.42 Å². The average Bonchev–Trinajstić information content (AvgIpc) is 2.62. The second kappa shape index (κ2) is 8.44. The first-order chi connectivity index (χ1) is 11.8. The van der Waals surface area contributed by atoms with E-state index in [0.29, 0.717) is 0 Å². The largest absolute Gasteiger partial charge is 0.726 e. The Labute approximate surface area is 153 Å². The van der Waals surface area contributed by atoms with Crippen LogP contribution in [-0.2, 0) is 21.0 Å². The first-order valence-electron chi connectivity index (χ1n) is 7.61. The third kappa shape index (κ3) is 5.27. The normalized spacial score (nSPS) is 13.6. The van der Waals surface area contributed by atoms with E-state index in [0.717, 1.165) is 30.5 Å². The van der Waals surface area contributed by atoms with E-state index in [1.807, 2.05) is 18.2 Å². The summed E-state index contributed by atoms with van der Waals surface area (Å²) in [5.74, 6) is 0. The van der Waals surface area contributed by atoms with E-state index in [1.54, 1.807) is 0 Å². The number of likely N-dealkylation sites (N-methyl/N-ethyl adjacent to an activating group) is 1. The molecule has 25 heavy (non-hydrogen) atoms. The lowest BCUT2D eigenvalue weighted by Crippen LogP contribution is -2.32. The number of hydrogen-bond acceptors (Lipinski definition) is 5. The summed E-state index contributed by atoms with van der Waals surface area (Å²) < 4.78 is 33.3. The van der Waals surface area contributed by atoms with Crippen molar-refractivity contribution >= 4 is 33.2 Å². The second-order valence-corrected chi connectivity index (χ2v) is 7.01. The summed E-state index contributed by atoms with van der Waals surface area (Å²) in [5.41, 5.74) is 4.98. The zero-order valence-corrected chi connectivity index (χ0v) is 15.6. The number of fused-ring (bicyclic) bond motifs is 1. The van der Waals surface area contributed by atoms with Gasteiger partial charge in [-0.15, -0.1) is 0 Å². The Bertz CT molecular complexity index is 890. The van der Waals surface area contributed by atoms with E-state index in [9.17, 15) is 13.0 Å². The standard InChI is InChI=1S/C17H16NS.CH4O4S/c1-18-12-11-13-7-5-6-10-15(13)16(18)17(19)14-8-3-2-4-9-14;1-5-6(2,3)4/h2-10H,11-12H2,1H3;1H3,(H,2,3,4)/q+1;/p-1. The molecule has 0 amide bonds.